The minimum Gasteiger partial charge on any atom is -0.497 e. The van der Waals surface area contributed by atoms with Crippen LogP contribution < -0.4 is 9.64 Å². The molecular weight excluding hydrogens is 612 g/mol. The summed E-state index contributed by atoms with van der Waals surface area (Å²) in [6.45, 7) is 9.39. The van der Waals surface area contributed by atoms with Gasteiger partial charge in [-0.25, -0.2) is 19.2 Å². The van der Waals surface area contributed by atoms with E-state index in [1.54, 1.807) is 96.1 Å². The maximum absolute atomic E-state index is 13.5. The number of carbonyl (C=O) groups is 5. The molecule has 2 aromatic rings. The maximum Gasteiger partial charge on any atom is 0.420 e. The highest BCUT2D eigenvalue weighted by molar-refractivity contribution is 6.12. The first kappa shape index (κ1) is 36.8. The van der Waals surface area contributed by atoms with Gasteiger partial charge in [-0.3, -0.25) is 4.79 Å². The fourth-order valence-electron chi connectivity index (χ4n) is 5.04. The summed E-state index contributed by atoms with van der Waals surface area (Å²) < 4.78 is 26.5. The molecule has 256 valence electrons. The van der Waals surface area contributed by atoms with Crippen molar-refractivity contribution in [1.82, 2.24) is 4.90 Å². The van der Waals surface area contributed by atoms with Crippen LogP contribution in [0.25, 0.3) is 0 Å². The Morgan fingerprint density at radius 1 is 0.915 bits per heavy atom. The van der Waals surface area contributed by atoms with Gasteiger partial charge >= 0.3 is 24.1 Å². The summed E-state index contributed by atoms with van der Waals surface area (Å²) in [6, 6.07) is 12.6. The number of hydrogen-bond donors (Lipinski definition) is 1. The van der Waals surface area contributed by atoms with Gasteiger partial charge in [-0.15, -0.1) is 0 Å². The van der Waals surface area contributed by atoms with Gasteiger partial charge in [0.25, 0.3) is 5.72 Å². The molecule has 1 fully saturated rings. The Hall–Kier alpha value is -4.65. The summed E-state index contributed by atoms with van der Waals surface area (Å²) in [4.78, 5) is 68.6. The van der Waals surface area contributed by atoms with E-state index in [0.29, 0.717) is 16.2 Å². The van der Waals surface area contributed by atoms with Crippen LogP contribution in [0.5, 0.6) is 5.75 Å². The molecule has 1 saturated heterocycles. The second-order valence-corrected chi connectivity index (χ2v) is 13.0. The lowest BCUT2D eigenvalue weighted by molar-refractivity contribution is -0.169. The summed E-state index contributed by atoms with van der Waals surface area (Å²) in [5, 5.41) is 11.8. The number of aliphatic hydroxyl groups is 1. The molecule has 0 radical (unpaired) electrons. The number of Topliss-reactive ketones (excluding diaryl/α,β-unsaturated/α-hetero) is 1. The van der Waals surface area contributed by atoms with Crippen molar-refractivity contribution in [3.05, 3.63) is 60.2 Å². The van der Waals surface area contributed by atoms with Gasteiger partial charge in [-0.2, -0.15) is 4.90 Å². The quantitative estimate of drug-likeness (QED) is 0.213. The Morgan fingerprint density at radius 2 is 1.47 bits per heavy atom. The number of esters is 2. The summed E-state index contributed by atoms with van der Waals surface area (Å²) in [5.41, 5.74) is -3.85. The summed E-state index contributed by atoms with van der Waals surface area (Å²) in [5.74, 6) is -2.47. The van der Waals surface area contributed by atoms with E-state index in [4.69, 9.17) is 23.7 Å². The average molecular weight is 657 g/mol. The van der Waals surface area contributed by atoms with E-state index in [1.165, 1.54) is 12.0 Å². The number of rotatable bonds is 10. The molecule has 2 amide bonds. The number of carbonyl (C=O) groups excluding carboxylic acids is 5. The number of amides is 2. The van der Waals surface area contributed by atoms with Crippen LogP contribution in [0.4, 0.5) is 15.3 Å². The molecule has 1 heterocycles. The topological polar surface area (TPSA) is 158 Å². The number of nitrogens with zero attached hydrogens (tertiary/aromatic N) is 2. The van der Waals surface area contributed by atoms with Gasteiger partial charge in [0.2, 0.25) is 0 Å². The first-order valence-electron chi connectivity index (χ1n) is 15.1. The van der Waals surface area contributed by atoms with Crippen LogP contribution in [0.2, 0.25) is 0 Å². The van der Waals surface area contributed by atoms with Crippen LogP contribution >= 0.6 is 0 Å². The summed E-state index contributed by atoms with van der Waals surface area (Å²) in [7, 11) is 2.57. The number of hydrogen-bond acceptors (Lipinski definition) is 12. The first-order valence-corrected chi connectivity index (χ1v) is 15.1. The highest BCUT2D eigenvalue weighted by Crippen LogP contribution is 2.39. The molecule has 0 aromatic heterocycles. The Labute approximate surface area is 274 Å². The van der Waals surface area contributed by atoms with Crippen LogP contribution in [-0.4, -0.2) is 83.1 Å². The number of ketones is 1. The Balaban J connectivity index is 2.00. The van der Waals surface area contributed by atoms with Crippen molar-refractivity contribution in [2.45, 2.75) is 96.4 Å². The Bertz CT molecular complexity index is 1400. The predicted octanol–water partition coefficient (Wildman–Crippen LogP) is 4.77. The summed E-state index contributed by atoms with van der Waals surface area (Å²) >= 11 is 0. The van der Waals surface area contributed by atoms with Gasteiger partial charge in [0, 0.05) is 18.2 Å². The van der Waals surface area contributed by atoms with Crippen molar-refractivity contribution in [2.24, 2.45) is 0 Å². The lowest BCUT2D eigenvalue weighted by Crippen LogP contribution is -2.58. The molecule has 3 rings (SSSR count). The normalized spacial score (nSPS) is 18.6. The molecule has 0 bridgehead atoms. The van der Waals surface area contributed by atoms with Crippen LogP contribution in [-0.2, 0) is 39.9 Å². The lowest BCUT2D eigenvalue weighted by atomic mass is 10.0. The van der Waals surface area contributed by atoms with Crippen LogP contribution in [0.3, 0.4) is 0 Å². The van der Waals surface area contributed by atoms with E-state index in [2.05, 4.69) is 0 Å². The van der Waals surface area contributed by atoms with Crippen molar-refractivity contribution in [2.75, 3.05) is 19.1 Å². The molecule has 2 aromatic carbocycles. The third-order valence-electron chi connectivity index (χ3n) is 7.11. The second kappa shape index (κ2) is 14.8. The molecule has 1 aliphatic rings. The predicted molar refractivity (Wildman–Crippen MR) is 169 cm³/mol. The van der Waals surface area contributed by atoms with Gasteiger partial charge in [0.05, 0.1) is 14.2 Å². The number of ether oxygens (including phenoxy) is 5. The van der Waals surface area contributed by atoms with Crippen molar-refractivity contribution in [1.29, 1.82) is 0 Å². The Morgan fingerprint density at radius 3 is 1.96 bits per heavy atom. The molecule has 3 atom stereocenters. The van der Waals surface area contributed by atoms with Gasteiger partial charge < -0.3 is 33.7 Å². The second-order valence-electron chi connectivity index (χ2n) is 13.0. The van der Waals surface area contributed by atoms with Gasteiger partial charge in [-0.05, 0) is 84.2 Å². The molecule has 0 aliphatic carbocycles. The zero-order chi connectivity index (χ0) is 35.2. The molecule has 13 heteroatoms. The molecule has 1 N–H and O–H groups in total. The first-order chi connectivity index (χ1) is 21.9. The number of benzene rings is 2. The van der Waals surface area contributed by atoms with Crippen LogP contribution in [0.15, 0.2) is 54.6 Å². The maximum atomic E-state index is 13.5. The SMILES string of the molecule is COC(=O)[C@H](CCC1CC(=O)C(O)(C(=O)OCc2ccccc2)N1c1ccc(OC)cc1)N(C(=O)OC(C)(C)C)C(=O)OC(C)(C)C. The number of anilines is 1. The largest absolute Gasteiger partial charge is 0.497 e. The van der Waals surface area contributed by atoms with Crippen molar-refractivity contribution in [3.63, 3.8) is 0 Å². The summed E-state index contributed by atoms with van der Waals surface area (Å²) in [6.07, 6.45) is -2.93. The van der Waals surface area contributed by atoms with E-state index in [1.807, 2.05) is 0 Å². The van der Waals surface area contributed by atoms with Crippen LogP contribution in [0.1, 0.15) is 66.4 Å². The molecule has 47 heavy (non-hydrogen) atoms. The van der Waals surface area contributed by atoms with Crippen molar-refractivity contribution < 1.29 is 52.8 Å². The monoisotopic (exact) mass is 656 g/mol. The van der Waals surface area contributed by atoms with E-state index in [-0.39, 0.29) is 31.6 Å². The molecule has 1 aliphatic heterocycles. The molecule has 13 nitrogen and oxygen atoms in total. The molecule has 0 spiro atoms. The third kappa shape index (κ3) is 9.22. The average Bonchev–Trinajstić information content (AvgIpc) is 3.25. The highest BCUT2D eigenvalue weighted by Gasteiger charge is 2.59. The molecule has 2 unspecified atom stereocenters. The minimum absolute atomic E-state index is 0.0755. The van der Waals surface area contributed by atoms with Crippen molar-refractivity contribution in [3.8, 4) is 5.75 Å². The third-order valence-corrected chi connectivity index (χ3v) is 7.11. The van der Waals surface area contributed by atoms with E-state index in [0.717, 1.165) is 7.11 Å². The van der Waals surface area contributed by atoms with E-state index < -0.39 is 58.9 Å². The minimum atomic E-state index is -2.72. The molecular formula is C34H44N2O11. The van der Waals surface area contributed by atoms with E-state index >= 15 is 0 Å². The number of imide groups is 1. The van der Waals surface area contributed by atoms with E-state index in [9.17, 15) is 29.1 Å². The fraction of sp³-hybridized carbons (Fsp3) is 0.500. The fourth-order valence-corrected chi connectivity index (χ4v) is 5.04. The Kier molecular flexibility index (Phi) is 11.6. The van der Waals surface area contributed by atoms with Gasteiger partial charge in [0.1, 0.15) is 29.6 Å². The highest BCUT2D eigenvalue weighted by atomic mass is 16.6. The zero-order valence-corrected chi connectivity index (χ0v) is 28.1. The standard InChI is InChI=1S/C34H44N2O11/c1-32(2,3)46-30(40)35(31(41)47-33(4,5)6)26(28(38)44-8)19-16-24-20-27(37)34(42,29(39)45-21-22-12-10-9-11-13-22)36(24)23-14-17-25(43-7)18-15-23/h9-15,17-18,24,26,42H,16,19-21H2,1-8H3/t24?,26-,34?/m0/s1. The smallest absolute Gasteiger partial charge is 0.420 e. The van der Waals surface area contributed by atoms with Crippen molar-refractivity contribution >= 4 is 35.6 Å². The van der Waals surface area contributed by atoms with Crippen LogP contribution in [0, 0.1) is 0 Å². The zero-order valence-electron chi connectivity index (χ0n) is 28.1. The van der Waals surface area contributed by atoms with Gasteiger partial charge in [0.15, 0.2) is 5.78 Å². The molecule has 0 saturated carbocycles. The number of methoxy groups -OCH3 is 2. The van der Waals surface area contributed by atoms with Gasteiger partial charge in [-0.1, -0.05) is 30.3 Å². The lowest BCUT2D eigenvalue weighted by Gasteiger charge is -2.37.